The van der Waals surface area contributed by atoms with Crippen LogP contribution in [0, 0.1) is 0 Å². The molecule has 1 aliphatic carbocycles. The summed E-state index contributed by atoms with van der Waals surface area (Å²) in [7, 11) is 1.88. The van der Waals surface area contributed by atoms with Crippen molar-refractivity contribution in [1.82, 2.24) is 15.1 Å². The summed E-state index contributed by atoms with van der Waals surface area (Å²) in [4.78, 5) is 29.2. The number of aryl methyl sites for hydroxylation is 1. The van der Waals surface area contributed by atoms with E-state index in [1.807, 2.05) is 24.1 Å². The fourth-order valence-electron chi connectivity index (χ4n) is 4.76. The number of carbonyl (C=O) groups excluding carboxylic acids is 2. The number of benzene rings is 1. The van der Waals surface area contributed by atoms with Crippen molar-refractivity contribution in [1.29, 1.82) is 0 Å². The molecule has 0 radical (unpaired) electrons. The Kier molecular flexibility index (Phi) is 4.98. The van der Waals surface area contributed by atoms with Crippen molar-refractivity contribution in [2.75, 3.05) is 26.7 Å². The lowest BCUT2D eigenvalue weighted by Gasteiger charge is -2.35. The Morgan fingerprint density at radius 1 is 1.08 bits per heavy atom. The second-order valence-corrected chi connectivity index (χ2v) is 8.00. The van der Waals surface area contributed by atoms with E-state index in [1.54, 1.807) is 0 Å². The van der Waals surface area contributed by atoms with E-state index in [1.165, 1.54) is 24.0 Å². The van der Waals surface area contributed by atoms with Gasteiger partial charge in [-0.2, -0.15) is 0 Å². The van der Waals surface area contributed by atoms with E-state index in [2.05, 4.69) is 16.3 Å². The fraction of sp³-hybridized carbons (Fsp3) is 0.619. The highest BCUT2D eigenvalue weighted by Gasteiger charge is 2.36. The van der Waals surface area contributed by atoms with Crippen LogP contribution in [0.2, 0.25) is 0 Å². The molecule has 1 unspecified atom stereocenters. The first-order chi connectivity index (χ1) is 12.6. The Hall–Kier alpha value is -1.88. The second-order valence-electron chi connectivity index (χ2n) is 8.00. The number of carbonyl (C=O) groups is 2. The molecule has 2 saturated heterocycles. The molecule has 0 saturated carbocycles. The number of hydrogen-bond donors (Lipinski definition) is 1. The van der Waals surface area contributed by atoms with Gasteiger partial charge in [0.1, 0.15) is 0 Å². The van der Waals surface area contributed by atoms with Gasteiger partial charge in [0, 0.05) is 38.3 Å². The third kappa shape index (κ3) is 3.37. The summed E-state index contributed by atoms with van der Waals surface area (Å²) >= 11 is 0. The molecule has 0 spiro atoms. The molecule has 5 nitrogen and oxygen atoms in total. The lowest BCUT2D eigenvalue weighted by atomic mass is 9.88. The first kappa shape index (κ1) is 17.5. The van der Waals surface area contributed by atoms with Gasteiger partial charge in [0.2, 0.25) is 5.91 Å². The minimum Gasteiger partial charge on any atom is -0.349 e. The van der Waals surface area contributed by atoms with Crippen molar-refractivity contribution in [2.24, 2.45) is 0 Å². The normalized spacial score (nSPS) is 24.6. The van der Waals surface area contributed by atoms with Crippen LogP contribution in [0.4, 0.5) is 0 Å². The van der Waals surface area contributed by atoms with Crippen molar-refractivity contribution in [3.05, 3.63) is 34.9 Å². The highest BCUT2D eigenvalue weighted by atomic mass is 16.2. The minimum atomic E-state index is 0.0535. The lowest BCUT2D eigenvalue weighted by molar-refractivity contribution is -0.131. The molecular formula is C21H29N3O2. The number of amides is 2. The van der Waals surface area contributed by atoms with Gasteiger partial charge in [0.15, 0.2) is 0 Å². The summed E-state index contributed by atoms with van der Waals surface area (Å²) < 4.78 is 0. The Morgan fingerprint density at radius 2 is 1.85 bits per heavy atom. The van der Waals surface area contributed by atoms with Crippen LogP contribution in [0.5, 0.6) is 0 Å². The van der Waals surface area contributed by atoms with Crippen LogP contribution >= 0.6 is 0 Å². The summed E-state index contributed by atoms with van der Waals surface area (Å²) in [6, 6.07) is 6.43. The predicted molar refractivity (Wildman–Crippen MR) is 101 cm³/mol. The summed E-state index contributed by atoms with van der Waals surface area (Å²) in [6.07, 6.45) is 7.31. The van der Waals surface area contributed by atoms with E-state index in [-0.39, 0.29) is 23.9 Å². The number of nitrogens with zero attached hydrogens (tertiary/aromatic N) is 2. The highest BCUT2D eigenvalue weighted by molar-refractivity contribution is 5.96. The monoisotopic (exact) mass is 355 g/mol. The standard InChI is InChI=1S/C21H29N3O2/c1-23-12-11-19(21(23)26)24-13-9-16(10-14-24)22-20(25)18-8-4-6-15-5-2-3-7-17(15)18/h4,6,8,16,19H,2-3,5,7,9-14H2,1H3,(H,22,25). The fourth-order valence-corrected chi connectivity index (χ4v) is 4.76. The number of likely N-dealkylation sites (N-methyl/N-ethyl adjacent to an activating group) is 1. The Labute approximate surface area is 155 Å². The summed E-state index contributed by atoms with van der Waals surface area (Å²) in [5.74, 6) is 0.335. The SMILES string of the molecule is CN1CCC(N2CCC(NC(=O)c3cccc4c3CCCC4)CC2)C1=O. The van der Waals surface area contributed by atoms with Crippen molar-refractivity contribution in [2.45, 2.75) is 57.0 Å². The zero-order valence-corrected chi connectivity index (χ0v) is 15.7. The summed E-state index contributed by atoms with van der Waals surface area (Å²) in [6.45, 7) is 2.64. The molecule has 0 aromatic heterocycles. The smallest absolute Gasteiger partial charge is 0.251 e. The molecule has 4 rings (SSSR count). The maximum Gasteiger partial charge on any atom is 0.251 e. The number of piperidine rings is 1. The lowest BCUT2D eigenvalue weighted by Crippen LogP contribution is -2.50. The van der Waals surface area contributed by atoms with Gasteiger partial charge in [-0.15, -0.1) is 0 Å². The van der Waals surface area contributed by atoms with Crippen LogP contribution in [0.25, 0.3) is 0 Å². The van der Waals surface area contributed by atoms with E-state index in [0.29, 0.717) is 0 Å². The van der Waals surface area contributed by atoms with E-state index < -0.39 is 0 Å². The van der Waals surface area contributed by atoms with Gasteiger partial charge in [0.05, 0.1) is 6.04 Å². The number of likely N-dealkylation sites (tertiary alicyclic amines) is 2. The van der Waals surface area contributed by atoms with Crippen molar-refractivity contribution >= 4 is 11.8 Å². The molecule has 2 fully saturated rings. The van der Waals surface area contributed by atoms with Gasteiger partial charge in [-0.3, -0.25) is 14.5 Å². The summed E-state index contributed by atoms with van der Waals surface area (Å²) in [5.41, 5.74) is 3.48. The molecule has 3 aliphatic rings. The molecule has 0 bridgehead atoms. The topological polar surface area (TPSA) is 52.6 Å². The largest absolute Gasteiger partial charge is 0.349 e. The van der Waals surface area contributed by atoms with Crippen LogP contribution in [-0.4, -0.2) is 60.4 Å². The Bertz CT molecular complexity index is 694. The van der Waals surface area contributed by atoms with Crippen LogP contribution in [-0.2, 0) is 17.6 Å². The number of rotatable bonds is 3. The van der Waals surface area contributed by atoms with Crippen LogP contribution < -0.4 is 5.32 Å². The first-order valence-corrected chi connectivity index (χ1v) is 10.0. The first-order valence-electron chi connectivity index (χ1n) is 10.0. The average Bonchev–Trinajstić information content (AvgIpc) is 3.01. The molecule has 2 amide bonds. The van der Waals surface area contributed by atoms with E-state index in [0.717, 1.165) is 57.3 Å². The molecule has 2 heterocycles. The molecule has 1 N–H and O–H groups in total. The van der Waals surface area contributed by atoms with Crippen LogP contribution in [0.15, 0.2) is 18.2 Å². The number of fused-ring (bicyclic) bond motifs is 1. The zero-order chi connectivity index (χ0) is 18.1. The quantitative estimate of drug-likeness (QED) is 0.902. The van der Waals surface area contributed by atoms with E-state index >= 15 is 0 Å². The zero-order valence-electron chi connectivity index (χ0n) is 15.7. The van der Waals surface area contributed by atoms with Gasteiger partial charge in [0.25, 0.3) is 5.91 Å². The molecule has 5 heteroatoms. The van der Waals surface area contributed by atoms with Crippen LogP contribution in [0.1, 0.15) is 53.6 Å². The second kappa shape index (κ2) is 7.39. The molecule has 1 aromatic carbocycles. The molecule has 2 aliphatic heterocycles. The predicted octanol–water partition coefficient (Wildman–Crippen LogP) is 1.99. The van der Waals surface area contributed by atoms with Gasteiger partial charge in [-0.25, -0.2) is 0 Å². The van der Waals surface area contributed by atoms with Crippen LogP contribution in [0.3, 0.4) is 0 Å². The van der Waals surface area contributed by atoms with Crippen molar-refractivity contribution in [3.8, 4) is 0 Å². The van der Waals surface area contributed by atoms with Crippen molar-refractivity contribution in [3.63, 3.8) is 0 Å². The average molecular weight is 355 g/mol. The molecule has 1 atom stereocenters. The highest BCUT2D eigenvalue weighted by Crippen LogP contribution is 2.25. The van der Waals surface area contributed by atoms with Crippen molar-refractivity contribution < 1.29 is 9.59 Å². The number of hydrogen-bond acceptors (Lipinski definition) is 3. The van der Waals surface area contributed by atoms with Gasteiger partial charge in [-0.05, 0) is 62.1 Å². The van der Waals surface area contributed by atoms with E-state index in [9.17, 15) is 9.59 Å². The third-order valence-electron chi connectivity index (χ3n) is 6.35. The third-order valence-corrected chi connectivity index (χ3v) is 6.35. The molecule has 140 valence electrons. The summed E-state index contributed by atoms with van der Waals surface area (Å²) in [5, 5.41) is 3.26. The van der Waals surface area contributed by atoms with Gasteiger partial charge >= 0.3 is 0 Å². The maximum absolute atomic E-state index is 12.8. The molecular weight excluding hydrogens is 326 g/mol. The minimum absolute atomic E-state index is 0.0535. The molecule has 1 aromatic rings. The molecule has 26 heavy (non-hydrogen) atoms. The van der Waals surface area contributed by atoms with E-state index in [4.69, 9.17) is 0 Å². The Morgan fingerprint density at radius 3 is 2.58 bits per heavy atom. The maximum atomic E-state index is 12.8. The number of nitrogens with one attached hydrogen (secondary N) is 1. The van der Waals surface area contributed by atoms with Gasteiger partial charge in [-0.1, -0.05) is 12.1 Å². The van der Waals surface area contributed by atoms with Gasteiger partial charge < -0.3 is 10.2 Å². The Balaban J connectivity index is 1.35.